The molecule has 0 aromatic carbocycles. The molecule has 7 heteroatoms. The average Bonchev–Trinajstić information content (AvgIpc) is 2.48. The van der Waals surface area contributed by atoms with Crippen LogP contribution in [0.5, 0.6) is 0 Å². The van der Waals surface area contributed by atoms with Gasteiger partial charge in [-0.3, -0.25) is 4.79 Å². The van der Waals surface area contributed by atoms with Crippen LogP contribution in [0.1, 0.15) is 19.3 Å². The van der Waals surface area contributed by atoms with Crippen LogP contribution in [-0.2, 0) is 24.5 Å². The van der Waals surface area contributed by atoms with Crippen LogP contribution >= 0.6 is 0 Å². The maximum atomic E-state index is 11.6. The highest BCUT2D eigenvalue weighted by Gasteiger charge is 2.33. The minimum Gasteiger partial charge on any atom is -0.300 e. The molecule has 0 radical (unpaired) electrons. The molecule has 1 atom stereocenters. The molecule has 0 aromatic rings. The summed E-state index contributed by atoms with van der Waals surface area (Å²) in [6, 6.07) is 0. The van der Waals surface area contributed by atoms with E-state index in [9.17, 15) is 21.6 Å². The number of hydrogen-bond donors (Lipinski definition) is 0. The molecular weight excluding hydrogens is 240 g/mol. The van der Waals surface area contributed by atoms with Gasteiger partial charge in [-0.25, -0.2) is 16.8 Å². The average molecular weight is 254 g/mol. The lowest BCUT2D eigenvalue weighted by atomic mass is 10.4. The molecule has 0 spiro atoms. The molecule has 0 N–H and O–H groups in total. The number of Topliss-reactive ketones (excluding diaryl/α,β-unsaturated/α-hetero) is 1. The normalized spacial score (nSPS) is 23.3. The first-order chi connectivity index (χ1) is 6.71. The van der Waals surface area contributed by atoms with Crippen molar-refractivity contribution in [2.45, 2.75) is 24.5 Å². The van der Waals surface area contributed by atoms with Crippen LogP contribution < -0.4 is 0 Å². The number of hydrogen-bond acceptors (Lipinski definition) is 5. The Kier molecular flexibility index (Phi) is 3.55. The van der Waals surface area contributed by atoms with Crippen molar-refractivity contribution in [1.82, 2.24) is 0 Å². The van der Waals surface area contributed by atoms with E-state index < -0.39 is 24.9 Å². The SMILES string of the molecule is CS(=O)(=O)CCS(=O)(=O)C1CCC(=O)C1. The maximum Gasteiger partial charge on any atom is 0.154 e. The summed E-state index contributed by atoms with van der Waals surface area (Å²) in [7, 11) is -6.69. The lowest BCUT2D eigenvalue weighted by molar-refractivity contribution is -0.117. The third kappa shape index (κ3) is 3.90. The topological polar surface area (TPSA) is 85.3 Å². The molecule has 0 bridgehead atoms. The Balaban J connectivity index is 2.64. The van der Waals surface area contributed by atoms with Gasteiger partial charge in [0.05, 0.1) is 16.8 Å². The third-order valence-corrected chi connectivity index (χ3v) is 5.84. The van der Waals surface area contributed by atoms with Gasteiger partial charge in [0, 0.05) is 19.1 Å². The molecule has 1 aliphatic rings. The van der Waals surface area contributed by atoms with Crippen molar-refractivity contribution < 1.29 is 21.6 Å². The summed E-state index contributed by atoms with van der Waals surface area (Å²) in [5.41, 5.74) is 0. The van der Waals surface area contributed by atoms with Crippen LogP contribution in [-0.4, -0.2) is 45.6 Å². The van der Waals surface area contributed by atoms with Gasteiger partial charge in [0.2, 0.25) is 0 Å². The van der Waals surface area contributed by atoms with E-state index in [0.717, 1.165) is 6.26 Å². The molecule has 0 heterocycles. The highest BCUT2D eigenvalue weighted by Crippen LogP contribution is 2.22. The van der Waals surface area contributed by atoms with Gasteiger partial charge in [0.25, 0.3) is 0 Å². The number of carbonyl (C=O) groups is 1. The summed E-state index contributed by atoms with van der Waals surface area (Å²) in [6.45, 7) is 0. The van der Waals surface area contributed by atoms with Crippen molar-refractivity contribution in [3.8, 4) is 0 Å². The van der Waals surface area contributed by atoms with Gasteiger partial charge >= 0.3 is 0 Å². The van der Waals surface area contributed by atoms with E-state index in [2.05, 4.69) is 0 Å². The summed E-state index contributed by atoms with van der Waals surface area (Å²) < 4.78 is 44.9. The predicted octanol–water partition coefficient (Wildman–Crippen LogP) is -0.433. The summed E-state index contributed by atoms with van der Waals surface area (Å²) in [5, 5.41) is -0.660. The smallest absolute Gasteiger partial charge is 0.154 e. The molecule has 1 aliphatic carbocycles. The Bertz CT molecular complexity index is 445. The zero-order chi connectivity index (χ0) is 11.7. The maximum absolute atomic E-state index is 11.6. The zero-order valence-electron chi connectivity index (χ0n) is 8.47. The highest BCUT2D eigenvalue weighted by molar-refractivity contribution is 7.95. The van der Waals surface area contributed by atoms with Crippen LogP contribution in [0.15, 0.2) is 0 Å². The monoisotopic (exact) mass is 254 g/mol. The summed E-state index contributed by atoms with van der Waals surface area (Å²) in [5.74, 6) is -0.785. The summed E-state index contributed by atoms with van der Waals surface area (Å²) >= 11 is 0. The number of ketones is 1. The molecule has 0 aliphatic heterocycles. The molecule has 5 nitrogen and oxygen atoms in total. The van der Waals surface area contributed by atoms with Gasteiger partial charge in [-0.05, 0) is 6.42 Å². The predicted molar refractivity (Wildman–Crippen MR) is 56.1 cm³/mol. The second-order valence-electron chi connectivity index (χ2n) is 3.90. The molecule has 15 heavy (non-hydrogen) atoms. The van der Waals surface area contributed by atoms with E-state index in [1.54, 1.807) is 0 Å². The van der Waals surface area contributed by atoms with Crippen LogP contribution in [0.25, 0.3) is 0 Å². The van der Waals surface area contributed by atoms with Gasteiger partial charge in [0.1, 0.15) is 15.6 Å². The molecule has 88 valence electrons. The van der Waals surface area contributed by atoms with E-state index >= 15 is 0 Å². The van der Waals surface area contributed by atoms with E-state index in [-0.39, 0.29) is 23.7 Å². The minimum atomic E-state index is -3.43. The number of carbonyl (C=O) groups excluding carboxylic acids is 1. The minimum absolute atomic E-state index is 0.0477. The van der Waals surface area contributed by atoms with Crippen molar-refractivity contribution in [3.63, 3.8) is 0 Å². The van der Waals surface area contributed by atoms with Crippen LogP contribution in [0.3, 0.4) is 0 Å². The van der Waals surface area contributed by atoms with E-state index in [4.69, 9.17) is 0 Å². The molecule has 1 rings (SSSR count). The Labute approximate surface area is 89.7 Å². The Morgan fingerprint density at radius 2 is 1.80 bits per heavy atom. The molecule has 0 aromatic heterocycles. The van der Waals surface area contributed by atoms with Crippen molar-refractivity contribution in [2.75, 3.05) is 17.8 Å². The second-order valence-corrected chi connectivity index (χ2v) is 8.56. The lowest BCUT2D eigenvalue weighted by Crippen LogP contribution is -2.25. The Morgan fingerprint density at radius 1 is 1.20 bits per heavy atom. The molecule has 1 unspecified atom stereocenters. The van der Waals surface area contributed by atoms with E-state index in [0.29, 0.717) is 12.8 Å². The fourth-order valence-corrected chi connectivity index (χ4v) is 4.91. The number of sulfone groups is 2. The summed E-state index contributed by atoms with van der Waals surface area (Å²) in [6.07, 6.45) is 1.68. The van der Waals surface area contributed by atoms with E-state index in [1.165, 1.54) is 0 Å². The van der Waals surface area contributed by atoms with Gasteiger partial charge in [-0.2, -0.15) is 0 Å². The molecule has 1 fully saturated rings. The standard InChI is InChI=1S/C8H14O5S2/c1-14(10,11)4-5-15(12,13)8-3-2-7(9)6-8/h8H,2-6H2,1H3. The van der Waals surface area contributed by atoms with Gasteiger partial charge < -0.3 is 0 Å². The largest absolute Gasteiger partial charge is 0.300 e. The number of rotatable bonds is 4. The Hall–Kier alpha value is -0.430. The van der Waals surface area contributed by atoms with E-state index in [1.807, 2.05) is 0 Å². The highest BCUT2D eigenvalue weighted by atomic mass is 32.2. The molecule has 1 saturated carbocycles. The quantitative estimate of drug-likeness (QED) is 0.679. The van der Waals surface area contributed by atoms with Crippen molar-refractivity contribution in [2.24, 2.45) is 0 Å². The van der Waals surface area contributed by atoms with Gasteiger partial charge in [0.15, 0.2) is 9.84 Å². The first-order valence-corrected chi connectivity index (χ1v) is 8.39. The van der Waals surface area contributed by atoms with Gasteiger partial charge in [-0.15, -0.1) is 0 Å². The van der Waals surface area contributed by atoms with Crippen molar-refractivity contribution in [1.29, 1.82) is 0 Å². The van der Waals surface area contributed by atoms with Gasteiger partial charge in [-0.1, -0.05) is 0 Å². The zero-order valence-corrected chi connectivity index (χ0v) is 10.1. The van der Waals surface area contributed by atoms with Crippen LogP contribution in [0, 0.1) is 0 Å². The van der Waals surface area contributed by atoms with Crippen LogP contribution in [0.4, 0.5) is 0 Å². The first kappa shape index (κ1) is 12.6. The summed E-state index contributed by atoms with van der Waals surface area (Å²) in [4.78, 5) is 10.9. The lowest BCUT2D eigenvalue weighted by Gasteiger charge is -2.08. The second kappa shape index (κ2) is 4.21. The van der Waals surface area contributed by atoms with Crippen LogP contribution in [0.2, 0.25) is 0 Å². The first-order valence-electron chi connectivity index (χ1n) is 4.62. The molecule has 0 saturated heterocycles. The molecule has 0 amide bonds. The fourth-order valence-electron chi connectivity index (χ4n) is 1.52. The third-order valence-electron chi connectivity index (χ3n) is 2.45. The fraction of sp³-hybridized carbons (Fsp3) is 0.875. The molecular formula is C8H14O5S2. The van der Waals surface area contributed by atoms with Crippen molar-refractivity contribution in [3.05, 3.63) is 0 Å². The van der Waals surface area contributed by atoms with Crippen molar-refractivity contribution >= 4 is 25.5 Å². The Morgan fingerprint density at radius 3 is 2.20 bits per heavy atom.